The first kappa shape index (κ1) is 40.9. The van der Waals surface area contributed by atoms with Gasteiger partial charge in [-0.2, -0.15) is 0 Å². The molecule has 0 N–H and O–H groups in total. The topological polar surface area (TPSA) is 21.1 Å². The van der Waals surface area contributed by atoms with Crippen LogP contribution in [0.1, 0.15) is 83.9 Å². The highest BCUT2D eigenvalue weighted by Crippen LogP contribution is 2.44. The summed E-state index contributed by atoms with van der Waals surface area (Å²) in [7, 11) is 0. The molecule has 1 aliphatic carbocycles. The molecule has 4 heteroatoms. The molecule has 0 spiro atoms. The van der Waals surface area contributed by atoms with Gasteiger partial charge in [0.1, 0.15) is 5.01 Å². The number of fused-ring (bicyclic) bond motifs is 1. The second kappa shape index (κ2) is 18.5. The van der Waals surface area contributed by atoms with E-state index in [1.54, 1.807) is 11.3 Å². The van der Waals surface area contributed by atoms with Crippen molar-refractivity contribution in [3.8, 4) is 21.7 Å². The van der Waals surface area contributed by atoms with Crippen LogP contribution in [0.3, 0.4) is 0 Å². The number of nitrogens with zero attached hydrogens (tertiary/aromatic N) is 3. The number of unbranched alkanes of at least 4 members (excludes halogenated alkanes) is 1. The number of benzene rings is 3. The molecule has 0 radical (unpaired) electrons. The smallest absolute Gasteiger partial charge is 0.123 e. The molecule has 5 aromatic rings. The molecule has 0 saturated heterocycles. The molecular weight excluding hydrogens is 711 g/mol. The number of thiazole rings is 1. The zero-order chi connectivity index (χ0) is 40.5. The molecule has 0 amide bonds. The number of anilines is 2. The van der Waals surface area contributed by atoms with Crippen molar-refractivity contribution in [3.63, 3.8) is 0 Å². The lowest BCUT2D eigenvalue weighted by molar-refractivity contribution is 0.591. The molecule has 0 atom stereocenters. The third kappa shape index (κ3) is 9.30. The molecule has 2 aromatic heterocycles. The van der Waals surface area contributed by atoms with E-state index < -0.39 is 0 Å². The minimum absolute atomic E-state index is 0.139. The molecule has 290 valence electrons. The number of hydrogen-bond donors (Lipinski definition) is 0. The van der Waals surface area contributed by atoms with E-state index in [9.17, 15) is 0 Å². The summed E-state index contributed by atoms with van der Waals surface area (Å²) in [6, 6.07) is 24.6. The van der Waals surface area contributed by atoms with Gasteiger partial charge in [0.2, 0.25) is 0 Å². The van der Waals surface area contributed by atoms with Crippen molar-refractivity contribution >= 4 is 44.9 Å². The Bertz CT molecular complexity index is 2460. The van der Waals surface area contributed by atoms with Gasteiger partial charge in [0.15, 0.2) is 0 Å². The number of hydrogen-bond acceptors (Lipinski definition) is 3. The van der Waals surface area contributed by atoms with Crippen LogP contribution in [0.4, 0.5) is 11.4 Å². The van der Waals surface area contributed by atoms with Crippen LogP contribution in [-0.2, 0) is 11.8 Å². The Hall–Kier alpha value is -5.71. The summed E-state index contributed by atoms with van der Waals surface area (Å²) in [4.78, 5) is 8.47. The van der Waals surface area contributed by atoms with E-state index in [4.69, 9.17) is 4.98 Å². The Kier molecular flexibility index (Phi) is 13.3. The zero-order valence-electron chi connectivity index (χ0n) is 34.8. The quantitative estimate of drug-likeness (QED) is 0.105. The third-order valence-corrected chi connectivity index (χ3v) is 11.4. The van der Waals surface area contributed by atoms with Crippen molar-refractivity contribution in [1.82, 2.24) is 9.55 Å². The highest BCUT2D eigenvalue weighted by atomic mass is 32.1. The summed E-state index contributed by atoms with van der Waals surface area (Å²) in [5.41, 5.74) is 13.9. The lowest BCUT2D eigenvalue weighted by atomic mass is 9.83. The number of para-hydroxylation sites is 1. The molecule has 3 nitrogen and oxygen atoms in total. The van der Waals surface area contributed by atoms with Gasteiger partial charge in [0, 0.05) is 39.9 Å². The van der Waals surface area contributed by atoms with Crippen molar-refractivity contribution < 1.29 is 0 Å². The van der Waals surface area contributed by atoms with Gasteiger partial charge in [0.05, 0.1) is 16.1 Å². The maximum Gasteiger partial charge on any atom is 0.123 e. The van der Waals surface area contributed by atoms with Gasteiger partial charge in [-0.3, -0.25) is 0 Å². The van der Waals surface area contributed by atoms with Crippen LogP contribution in [0.5, 0.6) is 0 Å². The van der Waals surface area contributed by atoms with E-state index in [1.807, 2.05) is 25.2 Å². The Morgan fingerprint density at radius 1 is 0.965 bits per heavy atom. The van der Waals surface area contributed by atoms with Crippen LogP contribution in [0.25, 0.3) is 43.9 Å². The number of rotatable bonds is 14. The van der Waals surface area contributed by atoms with Crippen LogP contribution in [-0.4, -0.2) is 9.55 Å². The average Bonchev–Trinajstić information content (AvgIpc) is 3.71. The second-order valence-electron chi connectivity index (χ2n) is 15.7. The highest BCUT2D eigenvalue weighted by Gasteiger charge is 2.26. The first-order valence-corrected chi connectivity index (χ1v) is 21.0. The predicted octanol–water partition coefficient (Wildman–Crippen LogP) is 15.7. The van der Waals surface area contributed by atoms with E-state index >= 15 is 0 Å². The maximum absolute atomic E-state index is 5.01. The summed E-state index contributed by atoms with van der Waals surface area (Å²) >= 11 is 1.78. The monoisotopic (exact) mass is 767 g/mol. The second-order valence-corrected chi connectivity index (χ2v) is 16.7. The van der Waals surface area contributed by atoms with Crippen LogP contribution in [0.15, 0.2) is 170 Å². The lowest BCUT2D eigenvalue weighted by Gasteiger charge is -2.32. The minimum atomic E-state index is -0.139. The Morgan fingerprint density at radius 2 is 1.74 bits per heavy atom. The fraction of sp³-hybridized carbons (Fsp3) is 0.226. The van der Waals surface area contributed by atoms with Gasteiger partial charge in [-0.05, 0) is 116 Å². The molecule has 3 aromatic carbocycles. The molecular formula is C53H57N3S. The molecule has 0 fully saturated rings. The number of aromatic nitrogens is 2. The fourth-order valence-corrected chi connectivity index (χ4v) is 8.32. The standard InChI is InChI=1S/C53H57N3S/c1-10-13-18-23-39(5)55(44-26-21-17-22-27-44)49-34-32-43(36-47(49)53(7,8)9)42-31-33-48-46(35-42)45(28-14-11-2)51(56(48)40(6)30-29-38(4)12-3)50-37-54-52(57-50)41-24-19-15-16-20-25-41/h10,12-13,15-19,21-27,29-37H,3,5,11,14,20,28H2,1-2,4,6-9H3/b13-10-,23-18-,38-29-,40-30+. The van der Waals surface area contributed by atoms with E-state index in [2.05, 4.69) is 192 Å². The molecule has 0 saturated carbocycles. The van der Waals surface area contributed by atoms with E-state index in [0.717, 1.165) is 59.0 Å². The van der Waals surface area contributed by atoms with Gasteiger partial charge < -0.3 is 9.47 Å². The van der Waals surface area contributed by atoms with Crippen LogP contribution < -0.4 is 4.90 Å². The average molecular weight is 768 g/mol. The molecule has 0 unspecified atom stereocenters. The first-order valence-electron chi connectivity index (χ1n) is 20.2. The van der Waals surface area contributed by atoms with E-state index in [1.165, 1.54) is 49.3 Å². The molecule has 2 heterocycles. The van der Waals surface area contributed by atoms with Crippen LogP contribution >= 0.6 is 11.3 Å². The molecule has 57 heavy (non-hydrogen) atoms. The predicted molar refractivity (Wildman–Crippen MR) is 252 cm³/mol. The summed E-state index contributed by atoms with van der Waals surface area (Å²) in [5.74, 6) is 0. The third-order valence-electron chi connectivity index (χ3n) is 10.4. The van der Waals surface area contributed by atoms with Crippen molar-refractivity contribution in [3.05, 3.63) is 186 Å². The summed E-state index contributed by atoms with van der Waals surface area (Å²) < 4.78 is 2.46. The Balaban J connectivity index is 1.56. The highest BCUT2D eigenvalue weighted by molar-refractivity contribution is 7.16. The SMILES string of the molecule is C=C/C(C)=C\C=C(/C)n1c(-c2cnc(C3=CCC=CC=C3)s2)c(CCCC)c2cc(-c3ccc(N(C(=C)/C=C\C=C/C)c4ccccc4)c(C(C)(C)C)c3)ccc21. The largest absolute Gasteiger partial charge is 0.312 e. The molecule has 6 rings (SSSR count). The lowest BCUT2D eigenvalue weighted by Crippen LogP contribution is -2.21. The molecule has 0 aliphatic heterocycles. The Labute approximate surface area is 345 Å². The normalized spacial score (nSPS) is 13.8. The summed E-state index contributed by atoms with van der Waals surface area (Å²) in [6.45, 7) is 24.0. The number of aryl methyl sites for hydroxylation is 1. The van der Waals surface area contributed by atoms with Gasteiger partial charge >= 0.3 is 0 Å². The molecule has 1 aliphatic rings. The fourth-order valence-electron chi connectivity index (χ4n) is 7.32. The summed E-state index contributed by atoms with van der Waals surface area (Å²) in [6.07, 6.45) is 31.5. The van der Waals surface area contributed by atoms with Crippen LogP contribution in [0, 0.1) is 0 Å². The van der Waals surface area contributed by atoms with Crippen molar-refractivity contribution in [2.24, 2.45) is 0 Å². The van der Waals surface area contributed by atoms with Crippen molar-refractivity contribution in [2.45, 2.75) is 79.6 Å². The number of allylic oxidation sites excluding steroid dienone is 15. The van der Waals surface area contributed by atoms with E-state index in [-0.39, 0.29) is 5.41 Å². The Morgan fingerprint density at radius 3 is 2.47 bits per heavy atom. The molecule has 0 bridgehead atoms. The van der Waals surface area contributed by atoms with Gasteiger partial charge in [-0.15, -0.1) is 11.3 Å². The van der Waals surface area contributed by atoms with Gasteiger partial charge in [-0.1, -0.05) is 144 Å². The van der Waals surface area contributed by atoms with Crippen molar-refractivity contribution in [2.75, 3.05) is 4.90 Å². The van der Waals surface area contributed by atoms with Gasteiger partial charge in [-0.25, -0.2) is 4.98 Å². The van der Waals surface area contributed by atoms with Gasteiger partial charge in [0.25, 0.3) is 0 Å². The minimum Gasteiger partial charge on any atom is -0.312 e. The zero-order valence-corrected chi connectivity index (χ0v) is 35.7. The van der Waals surface area contributed by atoms with Crippen molar-refractivity contribution in [1.29, 1.82) is 0 Å². The first-order chi connectivity index (χ1) is 27.5. The van der Waals surface area contributed by atoms with E-state index in [0.29, 0.717) is 0 Å². The summed E-state index contributed by atoms with van der Waals surface area (Å²) in [5, 5.41) is 2.34. The maximum atomic E-state index is 5.01. The van der Waals surface area contributed by atoms with Crippen LogP contribution in [0.2, 0.25) is 0 Å².